The Labute approximate surface area is 107 Å². The van der Waals surface area contributed by atoms with Gasteiger partial charge in [-0.1, -0.05) is 30.3 Å². The average molecular weight is 249 g/mol. The highest BCUT2D eigenvalue weighted by Crippen LogP contribution is 2.29. The number of carboxylic acids is 1. The van der Waals surface area contributed by atoms with Crippen molar-refractivity contribution in [1.82, 2.24) is 4.90 Å². The quantitative estimate of drug-likeness (QED) is 0.831. The van der Waals surface area contributed by atoms with Crippen LogP contribution in [0.2, 0.25) is 0 Å². The number of carboxylic acid groups (broad SMARTS) is 1. The predicted octanol–water partition coefficient (Wildman–Crippen LogP) is 1.58. The van der Waals surface area contributed by atoms with Crippen molar-refractivity contribution in [2.75, 3.05) is 26.8 Å². The van der Waals surface area contributed by atoms with Crippen molar-refractivity contribution in [3.05, 3.63) is 35.9 Å². The monoisotopic (exact) mass is 249 g/mol. The van der Waals surface area contributed by atoms with Crippen LogP contribution < -0.4 is 0 Å². The lowest BCUT2D eigenvalue weighted by Crippen LogP contribution is -2.54. The largest absolute Gasteiger partial charge is 0.480 e. The number of carbonyl (C=O) groups is 1. The molecule has 98 valence electrons. The zero-order valence-corrected chi connectivity index (χ0v) is 10.6. The van der Waals surface area contributed by atoms with Gasteiger partial charge in [0, 0.05) is 32.7 Å². The molecule has 0 aliphatic carbocycles. The summed E-state index contributed by atoms with van der Waals surface area (Å²) >= 11 is 0. The van der Waals surface area contributed by atoms with Gasteiger partial charge in [0.05, 0.1) is 0 Å². The van der Waals surface area contributed by atoms with Gasteiger partial charge in [-0.15, -0.1) is 0 Å². The van der Waals surface area contributed by atoms with Crippen LogP contribution in [-0.4, -0.2) is 48.8 Å². The van der Waals surface area contributed by atoms with E-state index in [4.69, 9.17) is 4.74 Å². The molecule has 4 heteroatoms. The molecule has 0 radical (unpaired) electrons. The summed E-state index contributed by atoms with van der Waals surface area (Å²) in [5.74, 6) is -0.283. The maximum atomic E-state index is 11.2. The zero-order chi connectivity index (χ0) is 13.0. The van der Waals surface area contributed by atoms with Gasteiger partial charge in [-0.05, 0) is 12.0 Å². The molecule has 2 rings (SSSR count). The topological polar surface area (TPSA) is 49.8 Å². The molecule has 1 aromatic carbocycles. The van der Waals surface area contributed by atoms with E-state index in [1.165, 1.54) is 5.56 Å². The molecule has 0 amide bonds. The standard InChI is InChI=1S/C14H19NO3/c1-18-8-7-13(14(16)17)15-9-12(10-15)11-5-3-2-4-6-11/h2-6,12-13H,7-10H2,1H3,(H,16,17). The average Bonchev–Trinajstić information content (AvgIpc) is 2.32. The van der Waals surface area contributed by atoms with E-state index in [2.05, 4.69) is 12.1 Å². The number of benzene rings is 1. The van der Waals surface area contributed by atoms with Gasteiger partial charge in [0.15, 0.2) is 0 Å². The third-order valence-corrected chi connectivity index (χ3v) is 3.50. The summed E-state index contributed by atoms with van der Waals surface area (Å²) in [6, 6.07) is 9.85. The highest BCUT2D eigenvalue weighted by atomic mass is 16.5. The first kappa shape index (κ1) is 13.1. The van der Waals surface area contributed by atoms with Gasteiger partial charge >= 0.3 is 5.97 Å². The molecule has 1 aliphatic heterocycles. The number of hydrogen-bond donors (Lipinski definition) is 1. The van der Waals surface area contributed by atoms with E-state index < -0.39 is 12.0 Å². The summed E-state index contributed by atoms with van der Waals surface area (Å²) in [6.45, 7) is 2.14. The van der Waals surface area contributed by atoms with Gasteiger partial charge < -0.3 is 9.84 Å². The molecule has 4 nitrogen and oxygen atoms in total. The van der Waals surface area contributed by atoms with Crippen molar-refractivity contribution in [2.24, 2.45) is 0 Å². The van der Waals surface area contributed by atoms with Crippen LogP contribution in [-0.2, 0) is 9.53 Å². The summed E-state index contributed by atoms with van der Waals surface area (Å²) < 4.78 is 4.96. The predicted molar refractivity (Wildman–Crippen MR) is 68.7 cm³/mol. The van der Waals surface area contributed by atoms with Gasteiger partial charge in [0.2, 0.25) is 0 Å². The Hall–Kier alpha value is -1.39. The summed E-state index contributed by atoms with van der Waals surface area (Å²) in [6.07, 6.45) is 0.549. The summed E-state index contributed by atoms with van der Waals surface area (Å²) in [7, 11) is 1.60. The van der Waals surface area contributed by atoms with E-state index in [0.717, 1.165) is 13.1 Å². The fourth-order valence-corrected chi connectivity index (χ4v) is 2.39. The highest BCUT2D eigenvalue weighted by molar-refractivity contribution is 5.73. The number of aliphatic carboxylic acids is 1. The van der Waals surface area contributed by atoms with Crippen molar-refractivity contribution in [1.29, 1.82) is 0 Å². The maximum absolute atomic E-state index is 11.2. The minimum absolute atomic E-state index is 0.412. The molecule has 18 heavy (non-hydrogen) atoms. The van der Waals surface area contributed by atoms with Gasteiger partial charge in [0.1, 0.15) is 6.04 Å². The Kier molecular flexibility index (Phi) is 4.33. The zero-order valence-electron chi connectivity index (χ0n) is 10.6. The van der Waals surface area contributed by atoms with Gasteiger partial charge in [-0.2, -0.15) is 0 Å². The molecule has 0 spiro atoms. The molecule has 0 aromatic heterocycles. The number of nitrogens with zero attached hydrogens (tertiary/aromatic N) is 1. The first-order valence-electron chi connectivity index (χ1n) is 6.23. The summed E-state index contributed by atoms with van der Waals surface area (Å²) in [4.78, 5) is 13.2. The van der Waals surface area contributed by atoms with E-state index in [1.54, 1.807) is 7.11 Å². The Morgan fingerprint density at radius 3 is 2.67 bits per heavy atom. The van der Waals surface area contributed by atoms with E-state index in [9.17, 15) is 9.90 Å². The Balaban J connectivity index is 1.88. The molecule has 1 fully saturated rings. The first-order valence-corrected chi connectivity index (χ1v) is 6.23. The highest BCUT2D eigenvalue weighted by Gasteiger charge is 2.36. The molecule has 1 heterocycles. The van der Waals surface area contributed by atoms with Crippen molar-refractivity contribution < 1.29 is 14.6 Å². The van der Waals surface area contributed by atoms with Crippen LogP contribution in [0.15, 0.2) is 30.3 Å². The van der Waals surface area contributed by atoms with E-state index in [-0.39, 0.29) is 0 Å². The number of ether oxygens (including phenoxy) is 1. The molecular weight excluding hydrogens is 230 g/mol. The molecule has 0 saturated carbocycles. The number of methoxy groups -OCH3 is 1. The molecule has 1 N–H and O–H groups in total. The van der Waals surface area contributed by atoms with Crippen LogP contribution in [0.5, 0.6) is 0 Å². The second-order valence-corrected chi connectivity index (χ2v) is 4.70. The molecule has 1 aliphatic rings. The van der Waals surface area contributed by atoms with Gasteiger partial charge in [-0.25, -0.2) is 0 Å². The molecule has 1 aromatic rings. The lowest BCUT2D eigenvalue weighted by molar-refractivity contribution is -0.146. The molecular formula is C14H19NO3. The van der Waals surface area contributed by atoms with Crippen LogP contribution in [0.4, 0.5) is 0 Å². The number of rotatable bonds is 6. The van der Waals surface area contributed by atoms with Gasteiger partial charge in [0.25, 0.3) is 0 Å². The minimum atomic E-state index is -0.751. The Morgan fingerprint density at radius 1 is 1.44 bits per heavy atom. The lowest BCUT2D eigenvalue weighted by Gasteiger charge is -2.43. The summed E-state index contributed by atoms with van der Waals surface area (Å²) in [5.41, 5.74) is 1.30. The van der Waals surface area contributed by atoms with E-state index in [0.29, 0.717) is 18.9 Å². The third kappa shape index (κ3) is 2.89. The van der Waals surface area contributed by atoms with Crippen molar-refractivity contribution in [2.45, 2.75) is 18.4 Å². The third-order valence-electron chi connectivity index (χ3n) is 3.50. The first-order chi connectivity index (χ1) is 8.72. The Morgan fingerprint density at radius 2 is 2.11 bits per heavy atom. The van der Waals surface area contributed by atoms with Crippen LogP contribution in [0.25, 0.3) is 0 Å². The van der Waals surface area contributed by atoms with Crippen LogP contribution in [0.1, 0.15) is 17.9 Å². The van der Waals surface area contributed by atoms with E-state index >= 15 is 0 Å². The van der Waals surface area contributed by atoms with Gasteiger partial charge in [-0.3, -0.25) is 9.69 Å². The fourth-order valence-electron chi connectivity index (χ4n) is 2.39. The van der Waals surface area contributed by atoms with Crippen molar-refractivity contribution >= 4 is 5.97 Å². The van der Waals surface area contributed by atoms with E-state index in [1.807, 2.05) is 23.1 Å². The van der Waals surface area contributed by atoms with Crippen LogP contribution in [0, 0.1) is 0 Å². The molecule has 1 saturated heterocycles. The number of hydrogen-bond acceptors (Lipinski definition) is 3. The molecule has 0 bridgehead atoms. The second-order valence-electron chi connectivity index (χ2n) is 4.70. The molecule has 1 atom stereocenters. The Bertz CT molecular complexity index is 387. The second kappa shape index (κ2) is 5.98. The SMILES string of the molecule is COCCC(C(=O)O)N1CC(c2ccccc2)C1. The number of likely N-dealkylation sites (tertiary alicyclic amines) is 1. The van der Waals surface area contributed by atoms with Crippen LogP contribution >= 0.6 is 0 Å². The maximum Gasteiger partial charge on any atom is 0.321 e. The smallest absolute Gasteiger partial charge is 0.321 e. The normalized spacial score (nSPS) is 18.3. The van der Waals surface area contributed by atoms with Crippen molar-refractivity contribution in [3.8, 4) is 0 Å². The summed E-state index contributed by atoms with van der Waals surface area (Å²) in [5, 5.41) is 9.19. The molecule has 1 unspecified atom stereocenters. The van der Waals surface area contributed by atoms with Crippen LogP contribution in [0.3, 0.4) is 0 Å². The van der Waals surface area contributed by atoms with Crippen molar-refractivity contribution in [3.63, 3.8) is 0 Å². The fraction of sp³-hybridized carbons (Fsp3) is 0.500. The lowest BCUT2D eigenvalue weighted by atomic mass is 9.89. The minimum Gasteiger partial charge on any atom is -0.480 e.